The Morgan fingerprint density at radius 3 is 1.89 bits per heavy atom. The molecule has 6 heteroatoms. The zero-order valence-corrected chi connectivity index (χ0v) is 7.68. The minimum absolute atomic E-state index is 0. The molecule has 5 nitrogen and oxygen atoms in total. The molecule has 0 rings (SSSR count). The van der Waals surface area contributed by atoms with Gasteiger partial charge in [0, 0.05) is 32.7 Å². The summed E-state index contributed by atoms with van der Waals surface area (Å²) in [5.41, 5.74) is 6.08. The van der Waals surface area contributed by atoms with Crippen LogP contribution in [0.2, 0.25) is 0 Å². The summed E-state index contributed by atoms with van der Waals surface area (Å²) in [6.45, 7) is 0.500. The average molecular weight is 207 g/mol. The van der Waals surface area contributed by atoms with Crippen LogP contribution in [-0.2, 0) is 37.5 Å². The Balaban J connectivity index is -0.0000000800. The van der Waals surface area contributed by atoms with Crippen molar-refractivity contribution in [3.8, 4) is 0 Å². The molecule has 0 saturated heterocycles. The van der Waals surface area contributed by atoms with Crippen molar-refractivity contribution >= 4 is 12.5 Å². The van der Waals surface area contributed by atoms with Gasteiger partial charge in [0.25, 0.3) is 0 Å². The number of hydrogen-bond acceptors (Lipinski definition) is 2. The number of hydrogen-bond donors (Lipinski definition) is 2. The van der Waals surface area contributed by atoms with Crippen molar-refractivity contribution in [1.82, 2.24) is 5.32 Å². The molecule has 0 aliphatic carbocycles. The van der Waals surface area contributed by atoms with E-state index in [0.717, 1.165) is 0 Å². The van der Waals surface area contributed by atoms with Gasteiger partial charge >= 0.3 is 0 Å². The molecule has 9 heavy (non-hydrogen) atoms. The van der Waals surface area contributed by atoms with Crippen molar-refractivity contribution < 1.29 is 47.4 Å². The van der Waals surface area contributed by atoms with Crippen molar-refractivity contribution in [2.45, 2.75) is 0 Å². The van der Waals surface area contributed by atoms with E-state index in [2.05, 4.69) is 5.32 Å². The molecule has 2 amide bonds. The molecule has 0 aliphatic heterocycles. The molecule has 0 aromatic carbocycles. The summed E-state index contributed by atoms with van der Waals surface area (Å²) < 4.78 is 0. The van der Waals surface area contributed by atoms with E-state index < -0.39 is 6.03 Å². The Labute approximate surface area is 77.9 Å². The second-order valence-electron chi connectivity index (χ2n) is 0.670. The normalized spacial score (nSPS) is 5.00. The SMILES string of the molecule is CNC([NH-])=O.O=[C-]O.[Y]. The van der Waals surface area contributed by atoms with E-state index in [0.29, 0.717) is 6.47 Å². The summed E-state index contributed by atoms with van der Waals surface area (Å²) in [7, 11) is 1.41. The van der Waals surface area contributed by atoms with Gasteiger partial charge in [-0.3, -0.25) is 4.79 Å². The zero-order valence-electron chi connectivity index (χ0n) is 4.84. The number of rotatable bonds is 0. The van der Waals surface area contributed by atoms with Crippen LogP contribution in [-0.4, -0.2) is 24.7 Å². The van der Waals surface area contributed by atoms with Gasteiger partial charge in [0.2, 0.25) is 0 Å². The number of amides is 2. The van der Waals surface area contributed by atoms with Gasteiger partial charge in [0.1, 0.15) is 6.03 Å². The van der Waals surface area contributed by atoms with Crippen LogP contribution in [0.4, 0.5) is 4.79 Å². The fourth-order valence-corrected chi connectivity index (χ4v) is 0. The summed E-state index contributed by atoms with van der Waals surface area (Å²) in [5, 5.41) is 8.82. The molecule has 0 heterocycles. The van der Waals surface area contributed by atoms with Crippen LogP contribution in [0, 0.1) is 0 Å². The Kier molecular flexibility index (Phi) is 27.7. The molecule has 0 saturated carbocycles. The zero-order chi connectivity index (χ0) is 6.99. The van der Waals surface area contributed by atoms with E-state index >= 15 is 0 Å². The van der Waals surface area contributed by atoms with Gasteiger partial charge in [0.05, 0.1) is 0 Å². The Morgan fingerprint density at radius 2 is 1.89 bits per heavy atom. The first kappa shape index (κ1) is 15.9. The molecule has 0 unspecified atom stereocenters. The maximum absolute atomic E-state index is 9.37. The molecule has 0 spiro atoms. The standard InChI is InChI=1S/C2H6N2O.CHO2.Y/c1-4-2(3)5;2-1-3;/h1H3,(H3,3,4,5);(H,2,3);/q;-1;/p-1. The fraction of sp³-hybridized carbons (Fsp3) is 0.333. The number of urea groups is 1. The van der Waals surface area contributed by atoms with Crippen LogP contribution in [0.25, 0.3) is 5.73 Å². The van der Waals surface area contributed by atoms with Crippen LogP contribution in [0.1, 0.15) is 0 Å². The number of nitrogens with one attached hydrogen (secondary N) is 2. The third-order valence-corrected chi connectivity index (χ3v) is 0.227. The van der Waals surface area contributed by atoms with Gasteiger partial charge < -0.3 is 21.0 Å². The van der Waals surface area contributed by atoms with E-state index in [4.69, 9.17) is 15.6 Å². The molecule has 0 aromatic heterocycles. The van der Waals surface area contributed by atoms with E-state index in [1.54, 1.807) is 0 Å². The number of carbonyl (C=O) groups is 1. The Morgan fingerprint density at radius 1 is 1.78 bits per heavy atom. The maximum atomic E-state index is 9.37. The largest absolute Gasteiger partial charge is 0.665 e. The van der Waals surface area contributed by atoms with Gasteiger partial charge in [-0.2, -0.15) is 0 Å². The third-order valence-electron chi connectivity index (χ3n) is 0.227. The summed E-state index contributed by atoms with van der Waals surface area (Å²) >= 11 is 0. The second kappa shape index (κ2) is 15.7. The summed E-state index contributed by atoms with van der Waals surface area (Å²) in [4.78, 5) is 17.6. The van der Waals surface area contributed by atoms with Crippen molar-refractivity contribution in [2.75, 3.05) is 7.05 Å². The maximum Gasteiger partial charge on any atom is 0.149 e. The van der Waals surface area contributed by atoms with Crippen molar-refractivity contribution in [1.29, 1.82) is 0 Å². The molecule has 1 radical (unpaired) electrons. The van der Waals surface area contributed by atoms with Crippen LogP contribution >= 0.6 is 0 Å². The fourth-order valence-electron chi connectivity index (χ4n) is 0. The predicted octanol–water partition coefficient (Wildman–Crippen LogP) is -0.0129. The van der Waals surface area contributed by atoms with Crippen molar-refractivity contribution in [3.63, 3.8) is 0 Å². The van der Waals surface area contributed by atoms with Crippen molar-refractivity contribution in [2.24, 2.45) is 0 Å². The quantitative estimate of drug-likeness (QED) is 0.547. The smallest absolute Gasteiger partial charge is 0.149 e. The van der Waals surface area contributed by atoms with Gasteiger partial charge in [-0.1, -0.05) is 13.5 Å². The van der Waals surface area contributed by atoms with E-state index in [1.165, 1.54) is 7.05 Å². The summed E-state index contributed by atoms with van der Waals surface area (Å²) in [5.74, 6) is 0. The molecular weight excluding hydrogens is 201 g/mol. The van der Waals surface area contributed by atoms with Crippen LogP contribution in [0.15, 0.2) is 0 Å². The van der Waals surface area contributed by atoms with Gasteiger partial charge in [0.15, 0.2) is 0 Å². The molecule has 0 fully saturated rings. The molecule has 51 valence electrons. The first-order valence-electron chi connectivity index (χ1n) is 1.63. The van der Waals surface area contributed by atoms with Crippen LogP contribution in [0.5, 0.6) is 0 Å². The average Bonchev–Trinajstić information content (AvgIpc) is 1.69. The van der Waals surface area contributed by atoms with E-state index in [9.17, 15) is 4.79 Å². The third kappa shape index (κ3) is 78.8. The van der Waals surface area contributed by atoms with E-state index in [1.807, 2.05) is 0 Å². The molecule has 3 N–H and O–H groups in total. The van der Waals surface area contributed by atoms with Gasteiger partial charge in [-0.15, -0.1) is 0 Å². The van der Waals surface area contributed by atoms with E-state index in [-0.39, 0.29) is 32.7 Å². The van der Waals surface area contributed by atoms with Crippen molar-refractivity contribution in [3.05, 3.63) is 5.73 Å². The second-order valence-corrected chi connectivity index (χ2v) is 0.670. The first-order valence-corrected chi connectivity index (χ1v) is 1.63. The number of carbonyl (C=O) groups excluding carboxylic acids is 1. The molecule has 0 aromatic rings. The predicted molar refractivity (Wildman–Crippen MR) is 27.1 cm³/mol. The first-order chi connectivity index (χ1) is 3.68. The van der Waals surface area contributed by atoms with Crippen LogP contribution in [0.3, 0.4) is 0 Å². The number of aliphatic hydroxyl groups excluding tert-OH is 1. The monoisotopic (exact) mass is 207 g/mol. The molecular formula is C3H6N2O3Y-2. The molecule has 0 atom stereocenters. The summed E-state index contributed by atoms with van der Waals surface area (Å²) in [6.07, 6.45) is 0. The van der Waals surface area contributed by atoms with Gasteiger partial charge in [-0.05, 0) is 0 Å². The Hall–Kier alpha value is -0.156. The molecule has 0 aliphatic rings. The molecule has 0 bridgehead atoms. The Bertz CT molecular complexity index is 77.5. The van der Waals surface area contributed by atoms with Gasteiger partial charge in [-0.25, -0.2) is 0 Å². The minimum Gasteiger partial charge on any atom is -0.665 e. The van der Waals surface area contributed by atoms with Crippen LogP contribution < -0.4 is 5.32 Å². The minimum atomic E-state index is -0.745. The topological polar surface area (TPSA) is 90.2 Å². The summed E-state index contributed by atoms with van der Waals surface area (Å²) in [6, 6.07) is -0.745.